The normalized spacial score (nSPS) is 18.9. The van der Waals surface area contributed by atoms with Gasteiger partial charge < -0.3 is 14.4 Å². The number of rotatable bonds is 3. The van der Waals surface area contributed by atoms with Crippen LogP contribution in [0.4, 0.5) is 0 Å². The molecule has 0 radical (unpaired) electrons. The number of ether oxygens (including phenoxy) is 2. The maximum absolute atomic E-state index is 12.4. The second-order valence-corrected chi connectivity index (χ2v) is 4.83. The van der Waals surface area contributed by atoms with Crippen LogP contribution >= 0.6 is 0 Å². The van der Waals surface area contributed by atoms with Crippen molar-refractivity contribution in [1.82, 2.24) is 14.7 Å². The van der Waals surface area contributed by atoms with Gasteiger partial charge in [0.15, 0.2) is 0 Å². The zero-order valence-electron chi connectivity index (χ0n) is 12.0. The Morgan fingerprint density at radius 1 is 1.55 bits per heavy atom. The zero-order chi connectivity index (χ0) is 14.7. The van der Waals surface area contributed by atoms with Crippen molar-refractivity contribution in [3.8, 4) is 0 Å². The highest BCUT2D eigenvalue weighted by atomic mass is 16.5. The van der Waals surface area contributed by atoms with Crippen molar-refractivity contribution in [1.29, 1.82) is 0 Å². The third-order valence-electron chi connectivity index (χ3n) is 3.29. The highest BCUT2D eigenvalue weighted by Crippen LogP contribution is 2.14. The van der Waals surface area contributed by atoms with Crippen LogP contribution in [0.1, 0.15) is 22.5 Å². The van der Waals surface area contributed by atoms with Crippen molar-refractivity contribution in [2.75, 3.05) is 26.8 Å². The predicted octanol–water partition coefficient (Wildman–Crippen LogP) is 0.133. The Morgan fingerprint density at radius 3 is 2.90 bits per heavy atom. The van der Waals surface area contributed by atoms with Gasteiger partial charge >= 0.3 is 5.97 Å². The van der Waals surface area contributed by atoms with Gasteiger partial charge in [-0.05, 0) is 6.92 Å². The number of nitrogens with zero attached hydrogens (tertiary/aromatic N) is 3. The molecule has 7 nitrogen and oxygen atoms in total. The van der Waals surface area contributed by atoms with Gasteiger partial charge in [0, 0.05) is 26.3 Å². The summed E-state index contributed by atoms with van der Waals surface area (Å²) >= 11 is 0. The molecule has 0 N–H and O–H groups in total. The highest BCUT2D eigenvalue weighted by molar-refractivity contribution is 5.95. The van der Waals surface area contributed by atoms with Crippen LogP contribution < -0.4 is 0 Å². The van der Waals surface area contributed by atoms with Gasteiger partial charge in [0.05, 0.1) is 37.5 Å². The van der Waals surface area contributed by atoms with Crippen LogP contribution in [-0.2, 0) is 21.3 Å². The predicted molar refractivity (Wildman–Crippen MR) is 70.2 cm³/mol. The number of morpholine rings is 1. The molecule has 1 aliphatic heterocycles. The monoisotopic (exact) mass is 281 g/mol. The Kier molecular flexibility index (Phi) is 4.39. The highest BCUT2D eigenvalue weighted by Gasteiger charge is 2.28. The van der Waals surface area contributed by atoms with Gasteiger partial charge in [-0.15, -0.1) is 0 Å². The molecule has 2 heterocycles. The molecular weight excluding hydrogens is 262 g/mol. The summed E-state index contributed by atoms with van der Waals surface area (Å²) in [7, 11) is 3.12. The van der Waals surface area contributed by atoms with E-state index in [1.807, 2.05) is 0 Å². The minimum absolute atomic E-state index is 0.0752. The van der Waals surface area contributed by atoms with Crippen molar-refractivity contribution >= 4 is 11.9 Å². The number of esters is 1. The van der Waals surface area contributed by atoms with Crippen molar-refractivity contribution < 1.29 is 19.1 Å². The lowest BCUT2D eigenvalue weighted by atomic mass is 10.1. The van der Waals surface area contributed by atoms with E-state index in [9.17, 15) is 9.59 Å². The quantitative estimate of drug-likeness (QED) is 0.736. The first-order chi connectivity index (χ1) is 9.51. The average molecular weight is 281 g/mol. The smallest absolute Gasteiger partial charge is 0.308 e. The van der Waals surface area contributed by atoms with E-state index >= 15 is 0 Å². The molecule has 0 saturated carbocycles. The molecule has 1 amide bonds. The number of methoxy groups -OCH3 is 1. The molecule has 1 atom stereocenters. The van der Waals surface area contributed by atoms with E-state index in [2.05, 4.69) is 9.84 Å². The summed E-state index contributed by atoms with van der Waals surface area (Å²) in [6, 6.07) is 0. The Labute approximate surface area is 117 Å². The molecule has 1 aromatic rings. The molecule has 110 valence electrons. The molecular formula is C13H19N3O4. The fourth-order valence-corrected chi connectivity index (χ4v) is 2.28. The van der Waals surface area contributed by atoms with E-state index < -0.39 is 0 Å². The van der Waals surface area contributed by atoms with E-state index in [0.29, 0.717) is 31.0 Å². The van der Waals surface area contributed by atoms with Crippen molar-refractivity contribution in [2.24, 2.45) is 7.05 Å². The van der Waals surface area contributed by atoms with E-state index in [0.717, 1.165) is 0 Å². The third kappa shape index (κ3) is 3.16. The first kappa shape index (κ1) is 14.5. The lowest BCUT2D eigenvalue weighted by Gasteiger charge is -2.32. The molecule has 0 aliphatic carbocycles. The molecule has 7 heteroatoms. The van der Waals surface area contributed by atoms with E-state index in [1.54, 1.807) is 29.7 Å². The van der Waals surface area contributed by atoms with Crippen LogP contribution in [0.3, 0.4) is 0 Å². The van der Waals surface area contributed by atoms with Gasteiger partial charge in [0.25, 0.3) is 5.91 Å². The van der Waals surface area contributed by atoms with Crippen molar-refractivity contribution in [2.45, 2.75) is 19.4 Å². The molecule has 1 aromatic heterocycles. The minimum atomic E-state index is -0.332. The fraction of sp³-hybridized carbons (Fsp3) is 0.615. The Morgan fingerprint density at radius 2 is 2.30 bits per heavy atom. The Hall–Kier alpha value is -1.89. The number of carbonyl (C=O) groups excluding carboxylic acids is 2. The third-order valence-corrected chi connectivity index (χ3v) is 3.29. The maximum Gasteiger partial charge on any atom is 0.308 e. The average Bonchev–Trinajstić information content (AvgIpc) is 2.77. The van der Waals surface area contributed by atoms with E-state index in [4.69, 9.17) is 4.74 Å². The lowest BCUT2D eigenvalue weighted by molar-refractivity contribution is -0.145. The van der Waals surface area contributed by atoms with Crippen LogP contribution in [0, 0.1) is 6.92 Å². The summed E-state index contributed by atoms with van der Waals surface area (Å²) in [5, 5.41) is 4.17. The number of aryl methyl sites for hydroxylation is 2. The summed E-state index contributed by atoms with van der Waals surface area (Å²) in [5.41, 5.74) is 1.29. The second kappa shape index (κ2) is 6.04. The number of carbonyl (C=O) groups is 2. The number of amides is 1. The van der Waals surface area contributed by atoms with Gasteiger partial charge in [-0.1, -0.05) is 0 Å². The first-order valence-electron chi connectivity index (χ1n) is 6.49. The summed E-state index contributed by atoms with van der Waals surface area (Å²) in [6.45, 7) is 3.14. The molecule has 1 saturated heterocycles. The topological polar surface area (TPSA) is 73.7 Å². The molecule has 1 aliphatic rings. The van der Waals surface area contributed by atoms with Crippen molar-refractivity contribution in [3.63, 3.8) is 0 Å². The number of aromatic nitrogens is 2. The summed E-state index contributed by atoms with van der Waals surface area (Å²) in [6.07, 6.45) is 1.56. The van der Waals surface area contributed by atoms with Crippen LogP contribution in [0.2, 0.25) is 0 Å². The molecule has 0 spiro atoms. The van der Waals surface area contributed by atoms with Gasteiger partial charge in [0.1, 0.15) is 0 Å². The van der Waals surface area contributed by atoms with Crippen LogP contribution in [0.25, 0.3) is 0 Å². The Bertz CT molecular complexity index is 512. The zero-order valence-corrected chi connectivity index (χ0v) is 12.0. The molecule has 1 unspecified atom stereocenters. The van der Waals surface area contributed by atoms with Gasteiger partial charge in [-0.25, -0.2) is 0 Å². The van der Waals surface area contributed by atoms with Crippen molar-refractivity contribution in [3.05, 3.63) is 17.5 Å². The van der Waals surface area contributed by atoms with Crippen LogP contribution in [-0.4, -0.2) is 59.5 Å². The summed E-state index contributed by atoms with van der Waals surface area (Å²) in [5.74, 6) is -0.407. The summed E-state index contributed by atoms with van der Waals surface area (Å²) < 4.78 is 11.7. The van der Waals surface area contributed by atoms with Gasteiger partial charge in [0.2, 0.25) is 0 Å². The molecule has 20 heavy (non-hydrogen) atoms. The fourth-order valence-electron chi connectivity index (χ4n) is 2.28. The van der Waals surface area contributed by atoms with Crippen LogP contribution in [0.15, 0.2) is 6.20 Å². The maximum atomic E-state index is 12.4. The molecule has 1 fully saturated rings. The van der Waals surface area contributed by atoms with E-state index in [1.165, 1.54) is 7.11 Å². The Balaban J connectivity index is 2.03. The van der Waals surface area contributed by atoms with E-state index in [-0.39, 0.29) is 24.4 Å². The first-order valence-corrected chi connectivity index (χ1v) is 6.49. The van der Waals surface area contributed by atoms with Gasteiger partial charge in [-0.2, -0.15) is 5.10 Å². The SMILES string of the molecule is COC(=O)CC1CN(C(=O)c2cn(C)nc2C)CCO1. The lowest BCUT2D eigenvalue weighted by Crippen LogP contribution is -2.46. The largest absolute Gasteiger partial charge is 0.469 e. The standard InChI is InChI=1S/C13H19N3O4/c1-9-11(8-15(2)14-9)13(18)16-4-5-20-10(7-16)6-12(17)19-3/h8,10H,4-7H2,1-3H3. The van der Waals surface area contributed by atoms with Gasteiger partial charge in [-0.3, -0.25) is 14.3 Å². The second-order valence-electron chi connectivity index (χ2n) is 4.83. The van der Waals surface area contributed by atoms with Crippen LogP contribution in [0.5, 0.6) is 0 Å². The minimum Gasteiger partial charge on any atom is -0.469 e. The number of hydrogen-bond acceptors (Lipinski definition) is 5. The molecule has 0 bridgehead atoms. The molecule has 0 aromatic carbocycles. The molecule has 2 rings (SSSR count). The number of hydrogen-bond donors (Lipinski definition) is 0. The summed E-state index contributed by atoms with van der Waals surface area (Å²) in [4.78, 5) is 25.4.